The first-order chi connectivity index (χ1) is 7.99. The predicted octanol–water partition coefficient (Wildman–Crippen LogP) is 2.03. The van der Waals surface area contributed by atoms with Crippen molar-refractivity contribution in [3.8, 4) is 0 Å². The number of carbonyl (C=O) groups is 1. The summed E-state index contributed by atoms with van der Waals surface area (Å²) in [4.78, 5) is 13.4. The van der Waals surface area contributed by atoms with Crippen molar-refractivity contribution in [2.75, 3.05) is 19.3 Å². The maximum atomic E-state index is 13.5. The van der Waals surface area contributed by atoms with E-state index >= 15 is 0 Å². The molecule has 5 heteroatoms. The number of nitrogens with two attached hydrogens (primary N) is 1. The number of halogens is 2. The van der Waals surface area contributed by atoms with E-state index in [2.05, 4.69) is 0 Å². The molecule has 0 heterocycles. The zero-order valence-electron chi connectivity index (χ0n) is 9.54. The number of hydrogen-bond acceptors (Lipinski definition) is 2. The predicted molar refractivity (Wildman–Crippen MR) is 60.5 cm³/mol. The van der Waals surface area contributed by atoms with Crippen LogP contribution in [0.15, 0.2) is 12.1 Å². The van der Waals surface area contributed by atoms with Gasteiger partial charge < -0.3 is 10.6 Å². The van der Waals surface area contributed by atoms with Crippen LogP contribution in [0.2, 0.25) is 0 Å². The van der Waals surface area contributed by atoms with Crippen LogP contribution in [0.5, 0.6) is 0 Å². The van der Waals surface area contributed by atoms with Gasteiger partial charge in [0.2, 0.25) is 0 Å². The largest absolute Gasteiger partial charge is 0.396 e. The second-order valence-corrected chi connectivity index (χ2v) is 4.48. The van der Waals surface area contributed by atoms with Gasteiger partial charge in [0.05, 0.1) is 11.3 Å². The van der Waals surface area contributed by atoms with Crippen LogP contribution in [0.4, 0.5) is 14.5 Å². The van der Waals surface area contributed by atoms with Crippen molar-refractivity contribution in [1.29, 1.82) is 0 Å². The van der Waals surface area contributed by atoms with Gasteiger partial charge in [-0.2, -0.15) is 0 Å². The average molecular weight is 240 g/mol. The van der Waals surface area contributed by atoms with E-state index in [0.717, 1.165) is 18.9 Å². The molecule has 2 N–H and O–H groups in total. The Morgan fingerprint density at radius 2 is 2.06 bits per heavy atom. The molecule has 1 aliphatic carbocycles. The first-order valence-corrected chi connectivity index (χ1v) is 5.49. The van der Waals surface area contributed by atoms with E-state index in [1.54, 1.807) is 7.05 Å². The van der Waals surface area contributed by atoms with Gasteiger partial charge in [0.15, 0.2) is 0 Å². The third-order valence-corrected chi connectivity index (χ3v) is 2.89. The Hall–Kier alpha value is -1.65. The van der Waals surface area contributed by atoms with Crippen LogP contribution in [0.1, 0.15) is 23.2 Å². The Balaban J connectivity index is 2.20. The Kier molecular flexibility index (Phi) is 3.00. The summed E-state index contributed by atoms with van der Waals surface area (Å²) in [6.45, 7) is 0.607. The van der Waals surface area contributed by atoms with Crippen molar-refractivity contribution in [3.05, 3.63) is 29.3 Å². The molecular weight excluding hydrogens is 226 g/mol. The highest BCUT2D eigenvalue weighted by atomic mass is 19.1. The zero-order chi connectivity index (χ0) is 12.6. The lowest BCUT2D eigenvalue weighted by atomic mass is 10.1. The van der Waals surface area contributed by atoms with Crippen LogP contribution in [-0.2, 0) is 0 Å². The topological polar surface area (TPSA) is 46.3 Å². The van der Waals surface area contributed by atoms with Gasteiger partial charge in [-0.15, -0.1) is 0 Å². The highest BCUT2D eigenvalue weighted by Gasteiger charge is 2.26. The molecule has 2 rings (SSSR count). The van der Waals surface area contributed by atoms with Crippen LogP contribution < -0.4 is 5.73 Å². The molecule has 0 spiro atoms. The summed E-state index contributed by atoms with van der Waals surface area (Å²) in [7, 11) is 1.61. The first kappa shape index (κ1) is 11.8. The van der Waals surface area contributed by atoms with Crippen molar-refractivity contribution in [2.45, 2.75) is 12.8 Å². The summed E-state index contributed by atoms with van der Waals surface area (Å²) in [5.41, 5.74) is 4.94. The molecule has 0 unspecified atom stereocenters. The van der Waals surface area contributed by atoms with Gasteiger partial charge in [-0.05, 0) is 24.8 Å². The highest BCUT2D eigenvalue weighted by molar-refractivity contribution is 5.95. The normalized spacial score (nSPS) is 14.8. The Labute approximate surface area is 98.2 Å². The summed E-state index contributed by atoms with van der Waals surface area (Å²) >= 11 is 0. The summed E-state index contributed by atoms with van der Waals surface area (Å²) < 4.78 is 26.4. The van der Waals surface area contributed by atoms with Crippen molar-refractivity contribution in [2.24, 2.45) is 5.92 Å². The van der Waals surface area contributed by atoms with Crippen molar-refractivity contribution in [3.63, 3.8) is 0 Å². The number of nitrogen functional groups attached to an aromatic ring is 1. The number of nitrogens with zero attached hydrogens (tertiary/aromatic N) is 1. The van der Waals surface area contributed by atoms with E-state index in [4.69, 9.17) is 5.73 Å². The lowest BCUT2D eigenvalue weighted by Crippen LogP contribution is -2.29. The number of hydrogen-bond donors (Lipinski definition) is 1. The molecule has 0 atom stereocenters. The third-order valence-electron chi connectivity index (χ3n) is 2.89. The smallest absolute Gasteiger partial charge is 0.256 e. The van der Waals surface area contributed by atoms with E-state index in [1.807, 2.05) is 0 Å². The molecule has 3 nitrogen and oxygen atoms in total. The maximum absolute atomic E-state index is 13.5. The minimum absolute atomic E-state index is 0.174. The summed E-state index contributed by atoms with van der Waals surface area (Å²) in [6, 6.07) is 1.70. The molecule has 0 saturated heterocycles. The average Bonchev–Trinajstić information content (AvgIpc) is 3.06. The molecule has 92 valence electrons. The van der Waals surface area contributed by atoms with Gasteiger partial charge >= 0.3 is 0 Å². The van der Waals surface area contributed by atoms with Crippen LogP contribution >= 0.6 is 0 Å². The first-order valence-electron chi connectivity index (χ1n) is 5.49. The minimum atomic E-state index is -0.871. The molecular formula is C12H14F2N2O. The Bertz CT molecular complexity index is 458. The van der Waals surface area contributed by atoms with Crippen molar-refractivity contribution in [1.82, 2.24) is 4.90 Å². The van der Waals surface area contributed by atoms with E-state index in [-0.39, 0.29) is 11.3 Å². The minimum Gasteiger partial charge on any atom is -0.396 e. The second-order valence-electron chi connectivity index (χ2n) is 4.48. The number of anilines is 1. The van der Waals surface area contributed by atoms with Gasteiger partial charge in [-0.25, -0.2) is 8.78 Å². The van der Waals surface area contributed by atoms with Crippen molar-refractivity contribution < 1.29 is 13.6 Å². The molecule has 17 heavy (non-hydrogen) atoms. The van der Waals surface area contributed by atoms with Crippen LogP contribution in [-0.4, -0.2) is 24.4 Å². The fraction of sp³-hybridized carbons (Fsp3) is 0.417. The van der Waals surface area contributed by atoms with Gasteiger partial charge in [-0.1, -0.05) is 0 Å². The molecule has 1 aliphatic rings. The van der Waals surface area contributed by atoms with E-state index in [0.29, 0.717) is 18.5 Å². The number of carbonyl (C=O) groups excluding carboxylic acids is 1. The van der Waals surface area contributed by atoms with Crippen molar-refractivity contribution >= 4 is 11.6 Å². The Morgan fingerprint density at radius 3 is 2.65 bits per heavy atom. The van der Waals surface area contributed by atoms with Gasteiger partial charge in [-0.3, -0.25) is 4.79 Å². The standard InChI is InChI=1S/C12H14F2N2O/c1-16(6-7-2-3-7)12(17)8-4-11(15)10(14)5-9(8)13/h4-5,7H,2-3,6,15H2,1H3. The monoisotopic (exact) mass is 240 g/mol. The molecule has 0 bridgehead atoms. The molecule has 0 aliphatic heterocycles. The number of amides is 1. The Morgan fingerprint density at radius 1 is 1.41 bits per heavy atom. The van der Waals surface area contributed by atoms with Gasteiger partial charge in [0.25, 0.3) is 5.91 Å². The lowest BCUT2D eigenvalue weighted by molar-refractivity contribution is 0.0784. The fourth-order valence-corrected chi connectivity index (χ4v) is 1.71. The van der Waals surface area contributed by atoms with Crippen LogP contribution in [0.25, 0.3) is 0 Å². The zero-order valence-corrected chi connectivity index (χ0v) is 9.54. The summed E-state index contributed by atoms with van der Waals surface area (Å²) in [6.07, 6.45) is 2.21. The van der Waals surface area contributed by atoms with Crippen LogP contribution in [0, 0.1) is 17.6 Å². The quantitative estimate of drug-likeness (QED) is 0.822. The molecule has 1 amide bonds. The number of rotatable bonds is 3. The molecule has 1 fully saturated rings. The summed E-state index contributed by atoms with van der Waals surface area (Å²) in [5, 5.41) is 0. The molecule has 1 saturated carbocycles. The number of benzene rings is 1. The third kappa shape index (κ3) is 2.54. The molecule has 0 aromatic heterocycles. The summed E-state index contributed by atoms with van der Waals surface area (Å²) in [5.74, 6) is -1.65. The molecule has 1 aromatic rings. The fourth-order valence-electron chi connectivity index (χ4n) is 1.71. The van der Waals surface area contributed by atoms with Gasteiger partial charge in [0.1, 0.15) is 11.6 Å². The lowest BCUT2D eigenvalue weighted by Gasteiger charge is -2.17. The van der Waals surface area contributed by atoms with E-state index < -0.39 is 17.5 Å². The maximum Gasteiger partial charge on any atom is 0.256 e. The van der Waals surface area contributed by atoms with Crippen LogP contribution in [0.3, 0.4) is 0 Å². The highest BCUT2D eigenvalue weighted by Crippen LogP contribution is 2.30. The second kappa shape index (κ2) is 4.31. The molecule has 0 radical (unpaired) electrons. The molecule has 1 aromatic carbocycles. The van der Waals surface area contributed by atoms with Gasteiger partial charge in [0, 0.05) is 19.7 Å². The van der Waals surface area contributed by atoms with E-state index in [9.17, 15) is 13.6 Å². The van der Waals surface area contributed by atoms with E-state index in [1.165, 1.54) is 4.90 Å². The SMILES string of the molecule is CN(CC1CC1)C(=O)c1cc(N)c(F)cc1F.